The van der Waals surface area contributed by atoms with Crippen LogP contribution in [0.15, 0.2) is 0 Å². The lowest BCUT2D eigenvalue weighted by molar-refractivity contribution is -0.141. The molecule has 9 heteroatoms. The molecule has 0 bridgehead atoms. The SMILES string of the molecule is CCCC(NC(=O)C1CCCC(=O)N1)C(=O)N1CSCC1C(N)=O. The van der Waals surface area contributed by atoms with Gasteiger partial charge in [0.25, 0.3) is 0 Å². The van der Waals surface area contributed by atoms with E-state index in [0.29, 0.717) is 43.7 Å². The highest BCUT2D eigenvalue weighted by atomic mass is 32.2. The Hall–Kier alpha value is -1.77. The molecule has 8 nitrogen and oxygen atoms in total. The fraction of sp³-hybridized carbons (Fsp3) is 0.733. The number of hydrogen-bond acceptors (Lipinski definition) is 5. The first-order valence-electron chi connectivity index (χ1n) is 8.21. The van der Waals surface area contributed by atoms with Gasteiger partial charge in [0.15, 0.2) is 0 Å². The van der Waals surface area contributed by atoms with Crippen LogP contribution in [0.5, 0.6) is 0 Å². The van der Waals surface area contributed by atoms with Crippen molar-refractivity contribution in [1.82, 2.24) is 15.5 Å². The van der Waals surface area contributed by atoms with Crippen molar-refractivity contribution in [2.24, 2.45) is 5.73 Å². The lowest BCUT2D eigenvalue weighted by atomic mass is 10.0. The molecule has 0 aromatic heterocycles. The van der Waals surface area contributed by atoms with E-state index in [0.717, 1.165) is 0 Å². The van der Waals surface area contributed by atoms with Crippen molar-refractivity contribution in [2.45, 2.75) is 57.2 Å². The second kappa shape index (κ2) is 8.36. The average Bonchev–Trinajstić information content (AvgIpc) is 3.03. The third-order valence-electron chi connectivity index (χ3n) is 4.23. The number of nitrogens with two attached hydrogens (primary N) is 1. The van der Waals surface area contributed by atoms with Crippen molar-refractivity contribution in [3.8, 4) is 0 Å². The van der Waals surface area contributed by atoms with E-state index in [1.54, 1.807) is 0 Å². The topological polar surface area (TPSA) is 122 Å². The first-order valence-corrected chi connectivity index (χ1v) is 9.36. The molecule has 134 valence electrons. The summed E-state index contributed by atoms with van der Waals surface area (Å²) in [6.45, 7) is 1.92. The van der Waals surface area contributed by atoms with E-state index in [2.05, 4.69) is 10.6 Å². The van der Waals surface area contributed by atoms with Crippen LogP contribution >= 0.6 is 11.8 Å². The number of carbonyl (C=O) groups excluding carboxylic acids is 4. The van der Waals surface area contributed by atoms with Crippen molar-refractivity contribution < 1.29 is 19.2 Å². The fourth-order valence-electron chi connectivity index (χ4n) is 2.92. The zero-order valence-corrected chi connectivity index (χ0v) is 14.6. The quantitative estimate of drug-likeness (QED) is 0.582. The normalized spacial score (nSPS) is 25.0. The Morgan fingerprint density at radius 2 is 2.21 bits per heavy atom. The van der Waals surface area contributed by atoms with E-state index in [-0.39, 0.29) is 17.7 Å². The maximum Gasteiger partial charge on any atom is 0.246 e. The first-order chi connectivity index (χ1) is 11.4. The predicted molar refractivity (Wildman–Crippen MR) is 89.8 cm³/mol. The Morgan fingerprint density at radius 3 is 2.83 bits per heavy atom. The summed E-state index contributed by atoms with van der Waals surface area (Å²) >= 11 is 1.46. The molecule has 0 saturated carbocycles. The number of piperidine rings is 1. The second-order valence-electron chi connectivity index (χ2n) is 6.09. The number of carbonyl (C=O) groups is 4. The van der Waals surface area contributed by atoms with Gasteiger partial charge in [-0.3, -0.25) is 19.2 Å². The minimum absolute atomic E-state index is 0.149. The number of thioether (sulfide) groups is 1. The molecule has 0 aromatic rings. The molecule has 2 saturated heterocycles. The molecule has 0 spiro atoms. The number of nitrogens with one attached hydrogen (secondary N) is 2. The summed E-state index contributed by atoms with van der Waals surface area (Å²) < 4.78 is 0. The Balaban J connectivity index is 2.02. The zero-order chi connectivity index (χ0) is 17.7. The monoisotopic (exact) mass is 356 g/mol. The average molecular weight is 356 g/mol. The Morgan fingerprint density at radius 1 is 1.46 bits per heavy atom. The van der Waals surface area contributed by atoms with Gasteiger partial charge in [0.2, 0.25) is 23.6 Å². The minimum Gasteiger partial charge on any atom is -0.368 e. The molecule has 24 heavy (non-hydrogen) atoms. The van der Waals surface area contributed by atoms with Crippen LogP contribution in [0.2, 0.25) is 0 Å². The van der Waals surface area contributed by atoms with Gasteiger partial charge < -0.3 is 21.3 Å². The van der Waals surface area contributed by atoms with Gasteiger partial charge in [0.1, 0.15) is 18.1 Å². The van der Waals surface area contributed by atoms with Gasteiger partial charge in [-0.25, -0.2) is 0 Å². The summed E-state index contributed by atoms with van der Waals surface area (Å²) in [5.74, 6) is -0.452. The van der Waals surface area contributed by atoms with E-state index >= 15 is 0 Å². The van der Waals surface area contributed by atoms with Crippen LogP contribution in [0.25, 0.3) is 0 Å². The number of primary amides is 1. The van der Waals surface area contributed by atoms with E-state index in [9.17, 15) is 19.2 Å². The number of rotatable bonds is 6. The molecule has 2 heterocycles. The highest BCUT2D eigenvalue weighted by Gasteiger charge is 2.37. The molecule has 3 unspecified atom stereocenters. The molecule has 2 aliphatic rings. The molecule has 2 aliphatic heterocycles. The van der Waals surface area contributed by atoms with Crippen LogP contribution in [-0.2, 0) is 19.2 Å². The van der Waals surface area contributed by atoms with Crippen molar-refractivity contribution >= 4 is 35.4 Å². The van der Waals surface area contributed by atoms with Crippen LogP contribution in [0.1, 0.15) is 39.0 Å². The summed E-state index contributed by atoms with van der Waals surface area (Å²) in [5, 5.41) is 5.38. The van der Waals surface area contributed by atoms with Gasteiger partial charge >= 0.3 is 0 Å². The maximum atomic E-state index is 12.7. The lowest BCUT2D eigenvalue weighted by Gasteiger charge is -2.29. The van der Waals surface area contributed by atoms with Crippen LogP contribution in [0, 0.1) is 0 Å². The van der Waals surface area contributed by atoms with Gasteiger partial charge in [0, 0.05) is 12.2 Å². The molecule has 4 N–H and O–H groups in total. The van der Waals surface area contributed by atoms with Crippen molar-refractivity contribution in [3.05, 3.63) is 0 Å². The van der Waals surface area contributed by atoms with Crippen molar-refractivity contribution in [3.63, 3.8) is 0 Å². The van der Waals surface area contributed by atoms with Crippen LogP contribution in [0.4, 0.5) is 0 Å². The van der Waals surface area contributed by atoms with Gasteiger partial charge in [-0.05, 0) is 19.3 Å². The summed E-state index contributed by atoms with van der Waals surface area (Å²) in [7, 11) is 0. The summed E-state index contributed by atoms with van der Waals surface area (Å²) in [6, 6.07) is -1.94. The molecule has 3 atom stereocenters. The third kappa shape index (κ3) is 4.40. The summed E-state index contributed by atoms with van der Waals surface area (Å²) in [5.41, 5.74) is 5.35. The zero-order valence-electron chi connectivity index (χ0n) is 13.7. The van der Waals surface area contributed by atoms with E-state index in [1.165, 1.54) is 16.7 Å². The highest BCUT2D eigenvalue weighted by molar-refractivity contribution is 7.99. The second-order valence-corrected chi connectivity index (χ2v) is 7.09. The predicted octanol–water partition coefficient (Wildman–Crippen LogP) is -0.673. The Kier molecular flexibility index (Phi) is 6.47. The molecular weight excluding hydrogens is 332 g/mol. The molecule has 0 aliphatic carbocycles. The number of hydrogen-bond donors (Lipinski definition) is 3. The Labute approximate surface area is 145 Å². The molecule has 0 radical (unpaired) electrons. The highest BCUT2D eigenvalue weighted by Crippen LogP contribution is 2.22. The number of nitrogens with zero attached hydrogens (tertiary/aromatic N) is 1. The summed E-state index contributed by atoms with van der Waals surface area (Å²) in [6.07, 6.45) is 2.82. The molecule has 2 fully saturated rings. The lowest BCUT2D eigenvalue weighted by Crippen LogP contribution is -2.57. The number of amides is 4. The van der Waals surface area contributed by atoms with E-state index < -0.39 is 24.0 Å². The molecular formula is C15H24N4O4S. The standard InChI is InChI=1S/C15H24N4O4S/c1-2-4-10(15(23)19-8-24-7-11(19)13(16)21)18-14(22)9-5-3-6-12(20)17-9/h9-11H,2-8H2,1H3,(H2,16,21)(H,17,20)(H,18,22). The maximum absolute atomic E-state index is 12.7. The van der Waals surface area contributed by atoms with Gasteiger partial charge in [0.05, 0.1) is 5.88 Å². The Bertz CT molecular complexity index is 528. The largest absolute Gasteiger partial charge is 0.368 e. The van der Waals surface area contributed by atoms with Crippen LogP contribution in [-0.4, -0.2) is 58.3 Å². The van der Waals surface area contributed by atoms with Crippen molar-refractivity contribution in [2.75, 3.05) is 11.6 Å². The van der Waals surface area contributed by atoms with E-state index in [4.69, 9.17) is 5.73 Å². The fourth-order valence-corrected chi connectivity index (χ4v) is 4.09. The van der Waals surface area contributed by atoms with Gasteiger partial charge in [-0.1, -0.05) is 13.3 Å². The van der Waals surface area contributed by atoms with E-state index in [1.807, 2.05) is 6.92 Å². The first kappa shape index (κ1) is 18.6. The van der Waals surface area contributed by atoms with Crippen molar-refractivity contribution in [1.29, 1.82) is 0 Å². The smallest absolute Gasteiger partial charge is 0.246 e. The third-order valence-corrected chi connectivity index (χ3v) is 5.25. The molecule has 0 aromatic carbocycles. The minimum atomic E-state index is -0.707. The summed E-state index contributed by atoms with van der Waals surface area (Å²) in [4.78, 5) is 49.5. The molecule has 2 rings (SSSR count). The van der Waals surface area contributed by atoms with Gasteiger partial charge in [-0.2, -0.15) is 0 Å². The molecule has 4 amide bonds. The van der Waals surface area contributed by atoms with Gasteiger partial charge in [-0.15, -0.1) is 11.8 Å². The van der Waals surface area contributed by atoms with Crippen LogP contribution in [0.3, 0.4) is 0 Å². The van der Waals surface area contributed by atoms with Crippen LogP contribution < -0.4 is 16.4 Å².